The summed E-state index contributed by atoms with van der Waals surface area (Å²) in [5, 5.41) is 0.475. The Morgan fingerprint density at radius 2 is 1.78 bits per heavy atom. The second-order valence-corrected chi connectivity index (χ2v) is 9.67. The van der Waals surface area contributed by atoms with E-state index in [-0.39, 0.29) is 36.2 Å². The van der Waals surface area contributed by atoms with Crippen molar-refractivity contribution in [2.75, 3.05) is 45.8 Å². The first-order chi connectivity index (χ1) is 15.1. The third-order valence-electron chi connectivity index (χ3n) is 7.09. The molecule has 0 aliphatic carbocycles. The van der Waals surface area contributed by atoms with Crippen LogP contribution in [0.15, 0.2) is 36.9 Å². The summed E-state index contributed by atoms with van der Waals surface area (Å²) >= 11 is 6.35. The van der Waals surface area contributed by atoms with E-state index < -0.39 is 18.6 Å². The van der Waals surface area contributed by atoms with Gasteiger partial charge in [-0.05, 0) is 30.5 Å². The van der Waals surface area contributed by atoms with Gasteiger partial charge in [0, 0.05) is 55.6 Å². The Labute approximate surface area is 190 Å². The second kappa shape index (κ2) is 8.71. The SMILES string of the molecule is C=CC(=O)N1CC2(CCN(C(=O)[C@H]3CN(CC(F)(F)F)C[C@H]3c3ccccc3Cl)CC2)C1. The Hall–Kier alpha value is -2.06. The molecule has 5 nitrogen and oxygen atoms in total. The number of nitrogens with zero attached hydrogens (tertiary/aromatic N) is 3. The maximum Gasteiger partial charge on any atom is 0.401 e. The summed E-state index contributed by atoms with van der Waals surface area (Å²) in [5.74, 6) is -1.12. The highest BCUT2D eigenvalue weighted by molar-refractivity contribution is 6.31. The highest BCUT2D eigenvalue weighted by Gasteiger charge is 2.49. The molecule has 0 radical (unpaired) electrons. The van der Waals surface area contributed by atoms with E-state index in [2.05, 4.69) is 6.58 Å². The van der Waals surface area contributed by atoms with Crippen LogP contribution >= 0.6 is 11.6 Å². The minimum Gasteiger partial charge on any atom is -0.342 e. The average Bonchev–Trinajstić information content (AvgIpc) is 3.13. The van der Waals surface area contributed by atoms with E-state index in [0.717, 1.165) is 18.4 Å². The maximum absolute atomic E-state index is 13.4. The van der Waals surface area contributed by atoms with Crippen LogP contribution in [0.3, 0.4) is 0 Å². The molecule has 3 aliphatic heterocycles. The van der Waals surface area contributed by atoms with Crippen LogP contribution < -0.4 is 0 Å². The zero-order valence-corrected chi connectivity index (χ0v) is 18.5. The summed E-state index contributed by atoms with van der Waals surface area (Å²) in [4.78, 5) is 30.0. The third kappa shape index (κ3) is 4.66. The van der Waals surface area contributed by atoms with Gasteiger partial charge in [-0.2, -0.15) is 13.2 Å². The number of hydrogen-bond donors (Lipinski definition) is 0. The van der Waals surface area contributed by atoms with Gasteiger partial charge in [-0.1, -0.05) is 36.4 Å². The van der Waals surface area contributed by atoms with E-state index in [4.69, 9.17) is 11.6 Å². The van der Waals surface area contributed by atoms with Gasteiger partial charge in [0.15, 0.2) is 0 Å². The van der Waals surface area contributed by atoms with Crippen molar-refractivity contribution in [2.24, 2.45) is 11.3 Å². The normalized spacial score (nSPS) is 25.6. The smallest absolute Gasteiger partial charge is 0.342 e. The van der Waals surface area contributed by atoms with Gasteiger partial charge in [-0.3, -0.25) is 14.5 Å². The molecule has 174 valence electrons. The molecule has 2 atom stereocenters. The second-order valence-electron chi connectivity index (χ2n) is 9.27. The molecule has 0 aromatic heterocycles. The van der Waals surface area contributed by atoms with Crippen LogP contribution in [-0.4, -0.2) is 78.5 Å². The van der Waals surface area contributed by atoms with E-state index in [0.29, 0.717) is 31.2 Å². The van der Waals surface area contributed by atoms with Crippen molar-refractivity contribution in [3.05, 3.63) is 47.5 Å². The Bertz CT molecular complexity index is 891. The molecule has 0 N–H and O–H groups in total. The van der Waals surface area contributed by atoms with E-state index in [1.165, 1.54) is 11.0 Å². The molecule has 9 heteroatoms. The minimum absolute atomic E-state index is 0.0373. The Kier molecular flexibility index (Phi) is 6.29. The van der Waals surface area contributed by atoms with Crippen LogP contribution in [0.4, 0.5) is 13.2 Å². The molecular weight excluding hydrogens is 443 g/mol. The zero-order valence-electron chi connectivity index (χ0n) is 17.8. The molecule has 3 fully saturated rings. The van der Waals surface area contributed by atoms with Gasteiger partial charge >= 0.3 is 6.18 Å². The van der Waals surface area contributed by atoms with Gasteiger partial charge in [0.05, 0.1) is 12.5 Å². The van der Waals surface area contributed by atoms with Crippen LogP contribution in [0.1, 0.15) is 24.3 Å². The predicted molar refractivity (Wildman–Crippen MR) is 115 cm³/mol. The molecule has 1 aromatic carbocycles. The molecule has 32 heavy (non-hydrogen) atoms. The summed E-state index contributed by atoms with van der Waals surface area (Å²) in [7, 11) is 0. The van der Waals surface area contributed by atoms with Gasteiger partial charge in [0.25, 0.3) is 0 Å². The fourth-order valence-corrected chi connectivity index (χ4v) is 5.69. The summed E-state index contributed by atoms with van der Waals surface area (Å²) in [6.45, 7) is 5.15. The number of carbonyl (C=O) groups excluding carboxylic acids is 2. The topological polar surface area (TPSA) is 43.9 Å². The first kappa shape index (κ1) is 23.1. The standard InChI is InChI=1S/C23H27ClF3N3O2/c1-2-20(31)30-13-22(14-30)7-9-29(10-8-22)21(32)18-12-28(15-23(25,26)27)11-17(18)16-5-3-4-6-19(16)24/h2-6,17-18H,1,7-15H2/t17-,18-/m0/s1. The molecule has 3 saturated heterocycles. The Morgan fingerprint density at radius 1 is 1.12 bits per heavy atom. The number of carbonyl (C=O) groups is 2. The highest BCUT2D eigenvalue weighted by atomic mass is 35.5. The molecule has 3 heterocycles. The first-order valence-electron chi connectivity index (χ1n) is 10.8. The van der Waals surface area contributed by atoms with Crippen molar-refractivity contribution in [2.45, 2.75) is 24.9 Å². The number of likely N-dealkylation sites (tertiary alicyclic amines) is 3. The summed E-state index contributed by atoms with van der Waals surface area (Å²) in [6.07, 6.45) is -1.43. The van der Waals surface area contributed by atoms with Crippen molar-refractivity contribution < 1.29 is 22.8 Å². The molecule has 2 amide bonds. The fraction of sp³-hybridized carbons (Fsp3) is 0.565. The number of hydrogen-bond acceptors (Lipinski definition) is 3. The zero-order chi connectivity index (χ0) is 23.1. The van der Waals surface area contributed by atoms with Crippen LogP contribution in [0.25, 0.3) is 0 Å². The van der Waals surface area contributed by atoms with Crippen LogP contribution in [0.2, 0.25) is 5.02 Å². The minimum atomic E-state index is -4.32. The molecule has 0 bridgehead atoms. The Balaban J connectivity index is 1.44. The molecule has 1 spiro atoms. The van der Waals surface area contributed by atoms with Crippen molar-refractivity contribution in [3.63, 3.8) is 0 Å². The number of halogens is 4. The van der Waals surface area contributed by atoms with Crippen LogP contribution in [0.5, 0.6) is 0 Å². The largest absolute Gasteiger partial charge is 0.401 e. The lowest BCUT2D eigenvalue weighted by Crippen LogP contribution is -2.62. The lowest BCUT2D eigenvalue weighted by molar-refractivity contribution is -0.149. The number of alkyl halides is 3. The van der Waals surface area contributed by atoms with E-state index in [1.54, 1.807) is 34.1 Å². The molecule has 4 rings (SSSR count). The number of rotatable bonds is 4. The van der Waals surface area contributed by atoms with Gasteiger partial charge in [-0.15, -0.1) is 0 Å². The first-order valence-corrected chi connectivity index (χ1v) is 11.2. The van der Waals surface area contributed by atoms with E-state index in [1.807, 2.05) is 0 Å². The molecular formula is C23H27ClF3N3O2. The number of amides is 2. The monoisotopic (exact) mass is 469 g/mol. The number of piperidine rings is 1. The average molecular weight is 470 g/mol. The Morgan fingerprint density at radius 3 is 2.38 bits per heavy atom. The third-order valence-corrected chi connectivity index (χ3v) is 7.44. The molecule has 0 unspecified atom stereocenters. The summed E-state index contributed by atoms with van der Waals surface area (Å²) in [6, 6.07) is 7.08. The molecule has 0 saturated carbocycles. The van der Waals surface area contributed by atoms with Crippen LogP contribution in [-0.2, 0) is 9.59 Å². The van der Waals surface area contributed by atoms with Crippen LogP contribution in [0, 0.1) is 11.3 Å². The highest BCUT2D eigenvalue weighted by Crippen LogP contribution is 2.43. The summed E-state index contributed by atoms with van der Waals surface area (Å²) < 4.78 is 39.1. The maximum atomic E-state index is 13.4. The van der Waals surface area contributed by atoms with Crippen molar-refractivity contribution in [3.8, 4) is 0 Å². The van der Waals surface area contributed by atoms with E-state index in [9.17, 15) is 22.8 Å². The van der Waals surface area contributed by atoms with Gasteiger partial charge in [0.1, 0.15) is 0 Å². The van der Waals surface area contributed by atoms with Crippen molar-refractivity contribution in [1.82, 2.24) is 14.7 Å². The molecule has 1 aromatic rings. The van der Waals surface area contributed by atoms with Gasteiger partial charge < -0.3 is 9.80 Å². The number of benzene rings is 1. The predicted octanol–water partition coefficient (Wildman–Crippen LogP) is 3.55. The van der Waals surface area contributed by atoms with Gasteiger partial charge in [-0.25, -0.2) is 0 Å². The van der Waals surface area contributed by atoms with E-state index >= 15 is 0 Å². The fourth-order valence-electron chi connectivity index (χ4n) is 5.41. The molecule has 3 aliphatic rings. The quantitative estimate of drug-likeness (QED) is 0.633. The lowest BCUT2D eigenvalue weighted by Gasteiger charge is -2.54. The van der Waals surface area contributed by atoms with Gasteiger partial charge in [0.2, 0.25) is 11.8 Å². The summed E-state index contributed by atoms with van der Waals surface area (Å²) in [5.41, 5.74) is 0.763. The van der Waals surface area contributed by atoms with Crippen molar-refractivity contribution in [1.29, 1.82) is 0 Å². The lowest BCUT2D eigenvalue weighted by atomic mass is 9.71. The van der Waals surface area contributed by atoms with Crippen molar-refractivity contribution >= 4 is 23.4 Å².